The summed E-state index contributed by atoms with van der Waals surface area (Å²) < 4.78 is 2.07. The summed E-state index contributed by atoms with van der Waals surface area (Å²) in [5.74, 6) is 1.73. The molecule has 0 aromatic carbocycles. The highest BCUT2D eigenvalue weighted by atomic mass is 15.3. The number of aryl methyl sites for hydroxylation is 2. The van der Waals surface area contributed by atoms with Gasteiger partial charge < -0.3 is 5.32 Å². The van der Waals surface area contributed by atoms with E-state index >= 15 is 0 Å². The molecule has 1 N–H and O–H groups in total. The first-order chi connectivity index (χ1) is 9.22. The summed E-state index contributed by atoms with van der Waals surface area (Å²) in [5.41, 5.74) is 2.58. The maximum atomic E-state index is 4.57. The van der Waals surface area contributed by atoms with E-state index in [0.717, 1.165) is 30.8 Å². The Bertz CT molecular complexity index is 439. The number of nitrogens with zero attached hydrogens (tertiary/aromatic N) is 3. The van der Waals surface area contributed by atoms with E-state index in [9.17, 15) is 0 Å². The Hall–Kier alpha value is -0.870. The summed E-state index contributed by atoms with van der Waals surface area (Å²) in [6.45, 7) is 9.25. The van der Waals surface area contributed by atoms with Gasteiger partial charge in [0.2, 0.25) is 0 Å². The van der Waals surface area contributed by atoms with E-state index in [-0.39, 0.29) is 0 Å². The standard InChI is InChI=1S/C15H26N4/c1-4-12-6-13(18(3)17-12)10-19-9-11-7-16-8-14(11)15(19)5-2/h6,11,14-16H,4-5,7-10H2,1-3H3. The molecule has 0 bridgehead atoms. The third kappa shape index (κ3) is 2.32. The third-order valence-corrected chi connectivity index (χ3v) is 5.00. The lowest BCUT2D eigenvalue weighted by Gasteiger charge is -2.26. The lowest BCUT2D eigenvalue weighted by molar-refractivity contribution is 0.205. The van der Waals surface area contributed by atoms with Crippen molar-refractivity contribution in [3.8, 4) is 0 Å². The van der Waals surface area contributed by atoms with Crippen LogP contribution in [-0.4, -0.2) is 40.4 Å². The molecule has 0 amide bonds. The SMILES string of the molecule is CCc1cc(CN2CC3CNCC3C2CC)n(C)n1. The minimum absolute atomic E-state index is 0.750. The largest absolute Gasteiger partial charge is 0.316 e. The molecule has 0 aliphatic carbocycles. The van der Waals surface area contributed by atoms with Gasteiger partial charge in [-0.1, -0.05) is 13.8 Å². The predicted molar refractivity (Wildman–Crippen MR) is 76.9 cm³/mol. The van der Waals surface area contributed by atoms with Crippen LogP contribution in [0, 0.1) is 11.8 Å². The molecule has 2 aliphatic heterocycles. The molecule has 3 atom stereocenters. The predicted octanol–water partition coefficient (Wildman–Crippen LogP) is 1.41. The van der Waals surface area contributed by atoms with Crippen LogP contribution in [0.15, 0.2) is 6.07 Å². The Labute approximate surface area is 116 Å². The Morgan fingerprint density at radius 2 is 2.21 bits per heavy atom. The van der Waals surface area contributed by atoms with Gasteiger partial charge in [0.1, 0.15) is 0 Å². The molecule has 0 radical (unpaired) electrons. The second kappa shape index (κ2) is 5.25. The lowest BCUT2D eigenvalue weighted by Crippen LogP contribution is -2.35. The monoisotopic (exact) mass is 262 g/mol. The summed E-state index contributed by atoms with van der Waals surface area (Å²) in [6, 6.07) is 3.03. The Morgan fingerprint density at radius 1 is 1.37 bits per heavy atom. The Morgan fingerprint density at radius 3 is 2.89 bits per heavy atom. The zero-order valence-corrected chi connectivity index (χ0v) is 12.4. The lowest BCUT2D eigenvalue weighted by atomic mass is 9.93. The zero-order chi connectivity index (χ0) is 13.4. The summed E-state index contributed by atoms with van der Waals surface area (Å²) in [7, 11) is 2.08. The highest BCUT2D eigenvalue weighted by Gasteiger charge is 2.43. The molecule has 1 aromatic rings. The van der Waals surface area contributed by atoms with Crippen LogP contribution in [0.25, 0.3) is 0 Å². The molecule has 3 unspecified atom stereocenters. The van der Waals surface area contributed by atoms with Crippen molar-refractivity contribution in [1.82, 2.24) is 20.0 Å². The van der Waals surface area contributed by atoms with E-state index in [1.165, 1.54) is 37.4 Å². The molecule has 3 heterocycles. The molecule has 3 rings (SSSR count). The third-order valence-electron chi connectivity index (χ3n) is 5.00. The minimum Gasteiger partial charge on any atom is -0.316 e. The fraction of sp³-hybridized carbons (Fsp3) is 0.800. The van der Waals surface area contributed by atoms with Crippen LogP contribution in [0.3, 0.4) is 0 Å². The first-order valence-corrected chi connectivity index (χ1v) is 7.69. The van der Waals surface area contributed by atoms with Gasteiger partial charge in [-0.05, 0) is 43.8 Å². The van der Waals surface area contributed by atoms with E-state index in [1.807, 2.05) is 0 Å². The molecule has 0 saturated carbocycles. The summed E-state index contributed by atoms with van der Waals surface area (Å²) in [4.78, 5) is 2.69. The topological polar surface area (TPSA) is 33.1 Å². The highest BCUT2D eigenvalue weighted by molar-refractivity contribution is 5.11. The van der Waals surface area contributed by atoms with E-state index < -0.39 is 0 Å². The van der Waals surface area contributed by atoms with Gasteiger partial charge in [-0.25, -0.2) is 0 Å². The van der Waals surface area contributed by atoms with Crippen LogP contribution >= 0.6 is 0 Å². The molecular weight excluding hydrogens is 236 g/mol. The summed E-state index contributed by atoms with van der Waals surface area (Å²) in [6.07, 6.45) is 2.29. The van der Waals surface area contributed by atoms with Crippen LogP contribution in [-0.2, 0) is 20.0 Å². The van der Waals surface area contributed by atoms with Gasteiger partial charge in [0.05, 0.1) is 11.4 Å². The number of hydrogen-bond donors (Lipinski definition) is 1. The number of fused-ring (bicyclic) bond motifs is 1. The van der Waals surface area contributed by atoms with E-state index in [1.54, 1.807) is 0 Å². The second-order valence-corrected chi connectivity index (χ2v) is 6.09. The van der Waals surface area contributed by atoms with Crippen molar-refractivity contribution < 1.29 is 0 Å². The van der Waals surface area contributed by atoms with Crippen molar-refractivity contribution in [3.63, 3.8) is 0 Å². The fourth-order valence-electron chi connectivity index (χ4n) is 3.95. The van der Waals surface area contributed by atoms with Crippen molar-refractivity contribution >= 4 is 0 Å². The van der Waals surface area contributed by atoms with E-state index in [2.05, 4.69) is 47.0 Å². The van der Waals surface area contributed by atoms with Crippen molar-refractivity contribution in [3.05, 3.63) is 17.5 Å². The Balaban J connectivity index is 1.73. The van der Waals surface area contributed by atoms with Gasteiger partial charge in [0.25, 0.3) is 0 Å². The molecule has 2 aliphatic rings. The van der Waals surface area contributed by atoms with Crippen LogP contribution in [0.5, 0.6) is 0 Å². The van der Waals surface area contributed by atoms with Crippen molar-refractivity contribution in [1.29, 1.82) is 0 Å². The van der Waals surface area contributed by atoms with E-state index in [0.29, 0.717) is 0 Å². The molecule has 4 nitrogen and oxygen atoms in total. The molecule has 2 fully saturated rings. The van der Waals surface area contributed by atoms with Crippen LogP contribution in [0.2, 0.25) is 0 Å². The van der Waals surface area contributed by atoms with Gasteiger partial charge in [-0.15, -0.1) is 0 Å². The number of likely N-dealkylation sites (tertiary alicyclic amines) is 1. The average molecular weight is 262 g/mol. The summed E-state index contributed by atoms with van der Waals surface area (Å²) in [5, 5.41) is 8.13. The van der Waals surface area contributed by atoms with Crippen LogP contribution in [0.1, 0.15) is 31.7 Å². The van der Waals surface area contributed by atoms with Gasteiger partial charge in [-0.3, -0.25) is 9.58 Å². The molecule has 19 heavy (non-hydrogen) atoms. The van der Waals surface area contributed by atoms with Gasteiger partial charge >= 0.3 is 0 Å². The fourth-order valence-corrected chi connectivity index (χ4v) is 3.95. The molecular formula is C15H26N4. The van der Waals surface area contributed by atoms with Crippen molar-refractivity contribution in [2.75, 3.05) is 19.6 Å². The van der Waals surface area contributed by atoms with Gasteiger partial charge in [0, 0.05) is 26.2 Å². The van der Waals surface area contributed by atoms with Crippen molar-refractivity contribution in [2.45, 2.75) is 39.3 Å². The smallest absolute Gasteiger partial charge is 0.0625 e. The molecule has 0 spiro atoms. The first-order valence-electron chi connectivity index (χ1n) is 7.69. The molecule has 106 valence electrons. The first kappa shape index (κ1) is 13.1. The molecule has 1 aromatic heterocycles. The summed E-state index contributed by atoms with van der Waals surface area (Å²) >= 11 is 0. The van der Waals surface area contributed by atoms with Crippen LogP contribution < -0.4 is 5.32 Å². The van der Waals surface area contributed by atoms with Gasteiger partial charge in [-0.2, -0.15) is 5.10 Å². The normalized spacial score (nSPS) is 31.0. The number of rotatable bonds is 4. The van der Waals surface area contributed by atoms with Crippen molar-refractivity contribution in [2.24, 2.45) is 18.9 Å². The maximum absolute atomic E-state index is 4.57. The Kier molecular flexibility index (Phi) is 3.63. The molecule has 4 heteroatoms. The number of aromatic nitrogens is 2. The number of nitrogens with one attached hydrogen (secondary N) is 1. The van der Waals surface area contributed by atoms with E-state index in [4.69, 9.17) is 0 Å². The quantitative estimate of drug-likeness (QED) is 0.891. The minimum atomic E-state index is 0.750. The van der Waals surface area contributed by atoms with Crippen LogP contribution in [0.4, 0.5) is 0 Å². The molecule has 2 saturated heterocycles. The average Bonchev–Trinajstić information content (AvgIpc) is 3.05. The second-order valence-electron chi connectivity index (χ2n) is 6.09. The highest BCUT2D eigenvalue weighted by Crippen LogP contribution is 2.35. The van der Waals surface area contributed by atoms with Gasteiger partial charge in [0.15, 0.2) is 0 Å². The number of hydrogen-bond acceptors (Lipinski definition) is 3. The maximum Gasteiger partial charge on any atom is 0.0625 e. The zero-order valence-electron chi connectivity index (χ0n) is 12.4.